The number of fused-ring (bicyclic) bond motifs is 2. The average Bonchev–Trinajstić information content (AvgIpc) is 2.86. The largest absolute Gasteiger partial charge is 0.497 e. The van der Waals surface area contributed by atoms with E-state index in [2.05, 4.69) is 21.4 Å². The fourth-order valence-electron chi connectivity index (χ4n) is 3.96. The van der Waals surface area contributed by atoms with Gasteiger partial charge in [0.2, 0.25) is 0 Å². The first-order chi connectivity index (χ1) is 15.8. The van der Waals surface area contributed by atoms with Gasteiger partial charge in [0.05, 0.1) is 43.8 Å². The molecule has 2 aromatic heterocycles. The van der Waals surface area contributed by atoms with Crippen LogP contribution in [0.15, 0.2) is 42.7 Å². The number of pyridine rings is 2. The van der Waals surface area contributed by atoms with Crippen molar-refractivity contribution in [3.63, 3.8) is 0 Å². The van der Waals surface area contributed by atoms with Crippen LogP contribution < -0.4 is 19.5 Å². The van der Waals surface area contributed by atoms with E-state index in [0.717, 1.165) is 40.9 Å². The Morgan fingerprint density at radius 1 is 1.03 bits per heavy atom. The first-order valence-corrected chi connectivity index (χ1v) is 10.9. The summed E-state index contributed by atoms with van der Waals surface area (Å²) < 4.78 is 28.4. The van der Waals surface area contributed by atoms with Crippen molar-refractivity contribution in [3.05, 3.63) is 54.0 Å². The van der Waals surface area contributed by atoms with E-state index < -0.39 is 0 Å². The number of aryl methyl sites for hydroxylation is 1. The SMILES string of the molecule is COc1ccc2nccc(CC[C@H]3OC[C@H](NCc4cc5c(cn4)OCCO5)CO3)c2c1. The third-order valence-corrected chi connectivity index (χ3v) is 5.71. The third kappa shape index (κ3) is 4.77. The summed E-state index contributed by atoms with van der Waals surface area (Å²) in [6.07, 6.45) is 4.98. The van der Waals surface area contributed by atoms with Crippen LogP contribution in [0.3, 0.4) is 0 Å². The highest BCUT2D eigenvalue weighted by molar-refractivity contribution is 5.83. The van der Waals surface area contributed by atoms with Crippen LogP contribution in [0.4, 0.5) is 0 Å². The molecule has 0 aliphatic carbocycles. The number of hydrogen-bond acceptors (Lipinski definition) is 8. The molecule has 2 aliphatic rings. The minimum absolute atomic E-state index is 0.118. The lowest BCUT2D eigenvalue weighted by Crippen LogP contribution is -2.44. The second kappa shape index (κ2) is 9.68. The third-order valence-electron chi connectivity index (χ3n) is 5.71. The number of methoxy groups -OCH3 is 1. The lowest BCUT2D eigenvalue weighted by molar-refractivity contribution is -0.192. The summed E-state index contributed by atoms with van der Waals surface area (Å²) in [6, 6.07) is 10.0. The molecule has 0 spiro atoms. The van der Waals surface area contributed by atoms with Crippen molar-refractivity contribution >= 4 is 10.9 Å². The Hall–Kier alpha value is -2.94. The molecule has 2 aliphatic heterocycles. The predicted octanol–water partition coefficient (Wildman–Crippen LogP) is 2.87. The number of nitrogens with zero attached hydrogens (tertiary/aromatic N) is 2. The molecule has 8 nitrogen and oxygen atoms in total. The van der Waals surface area contributed by atoms with Gasteiger partial charge < -0.3 is 29.0 Å². The number of ether oxygens (including phenoxy) is 5. The molecule has 168 valence electrons. The summed E-state index contributed by atoms with van der Waals surface area (Å²) >= 11 is 0. The number of nitrogens with one attached hydrogen (secondary N) is 1. The van der Waals surface area contributed by atoms with Crippen LogP contribution in [0.5, 0.6) is 17.2 Å². The fraction of sp³-hybridized carbons (Fsp3) is 0.417. The lowest BCUT2D eigenvalue weighted by Gasteiger charge is -2.30. The molecule has 0 atom stereocenters. The van der Waals surface area contributed by atoms with Gasteiger partial charge in [0.1, 0.15) is 19.0 Å². The number of benzene rings is 1. The Kier molecular flexibility index (Phi) is 6.34. The molecular weight excluding hydrogens is 410 g/mol. The molecule has 0 saturated carbocycles. The minimum Gasteiger partial charge on any atom is -0.497 e. The van der Waals surface area contributed by atoms with E-state index in [9.17, 15) is 0 Å². The van der Waals surface area contributed by atoms with Gasteiger partial charge in [-0.3, -0.25) is 9.97 Å². The molecule has 0 amide bonds. The molecule has 0 unspecified atom stereocenters. The standard InChI is InChI=1S/C24H27N3O5/c1-28-19-3-4-21-20(11-19)16(6-7-25-21)2-5-24-31-14-18(15-32-24)26-12-17-10-22-23(13-27-17)30-9-8-29-22/h3-4,6-7,10-11,13,18,24,26H,2,5,8-9,12,14-15H2,1H3/t18-,24-. The van der Waals surface area contributed by atoms with E-state index in [-0.39, 0.29) is 12.3 Å². The molecular formula is C24H27N3O5. The van der Waals surface area contributed by atoms with Gasteiger partial charge in [0.15, 0.2) is 17.8 Å². The fourth-order valence-corrected chi connectivity index (χ4v) is 3.96. The zero-order valence-corrected chi connectivity index (χ0v) is 18.1. The Balaban J connectivity index is 1.10. The molecule has 1 aromatic carbocycles. The monoisotopic (exact) mass is 437 g/mol. The summed E-state index contributed by atoms with van der Waals surface area (Å²) in [5, 5.41) is 4.55. The van der Waals surface area contributed by atoms with Gasteiger partial charge in [-0.15, -0.1) is 0 Å². The minimum atomic E-state index is -0.214. The first kappa shape index (κ1) is 20.9. The highest BCUT2D eigenvalue weighted by Gasteiger charge is 2.22. The maximum Gasteiger partial charge on any atom is 0.179 e. The van der Waals surface area contributed by atoms with Gasteiger partial charge in [0.25, 0.3) is 0 Å². The second-order valence-electron chi connectivity index (χ2n) is 7.89. The van der Waals surface area contributed by atoms with Gasteiger partial charge in [-0.05, 0) is 36.2 Å². The quantitative estimate of drug-likeness (QED) is 0.604. The van der Waals surface area contributed by atoms with Crippen LogP contribution in [-0.2, 0) is 22.4 Å². The predicted molar refractivity (Wildman–Crippen MR) is 118 cm³/mol. The van der Waals surface area contributed by atoms with E-state index in [1.165, 1.54) is 5.56 Å². The zero-order valence-electron chi connectivity index (χ0n) is 18.1. The Morgan fingerprint density at radius 3 is 2.72 bits per heavy atom. The van der Waals surface area contributed by atoms with Crippen LogP contribution in [-0.4, -0.2) is 55.8 Å². The molecule has 8 heteroatoms. The summed E-state index contributed by atoms with van der Waals surface area (Å²) in [5.74, 6) is 2.28. The van der Waals surface area contributed by atoms with Gasteiger partial charge >= 0.3 is 0 Å². The smallest absolute Gasteiger partial charge is 0.179 e. The van der Waals surface area contributed by atoms with Crippen molar-refractivity contribution in [2.75, 3.05) is 33.5 Å². The number of rotatable bonds is 7. The van der Waals surface area contributed by atoms with E-state index >= 15 is 0 Å². The van der Waals surface area contributed by atoms with E-state index in [1.54, 1.807) is 13.3 Å². The van der Waals surface area contributed by atoms with Crippen molar-refractivity contribution < 1.29 is 23.7 Å². The van der Waals surface area contributed by atoms with Crippen LogP contribution in [0, 0.1) is 0 Å². The average molecular weight is 437 g/mol. The normalized spacial score (nSPS) is 20.3. The number of aromatic nitrogens is 2. The molecule has 0 radical (unpaired) electrons. The van der Waals surface area contributed by atoms with Crippen LogP contribution in [0.2, 0.25) is 0 Å². The Bertz CT molecular complexity index is 1070. The Morgan fingerprint density at radius 2 is 1.88 bits per heavy atom. The van der Waals surface area contributed by atoms with Gasteiger partial charge in [-0.2, -0.15) is 0 Å². The van der Waals surface area contributed by atoms with Crippen LogP contribution in [0.1, 0.15) is 17.7 Å². The van der Waals surface area contributed by atoms with Crippen LogP contribution >= 0.6 is 0 Å². The van der Waals surface area contributed by atoms with Crippen molar-refractivity contribution in [1.82, 2.24) is 15.3 Å². The van der Waals surface area contributed by atoms with E-state index in [4.69, 9.17) is 23.7 Å². The highest BCUT2D eigenvalue weighted by Crippen LogP contribution is 2.29. The number of hydrogen-bond donors (Lipinski definition) is 1. The van der Waals surface area contributed by atoms with Gasteiger partial charge in [-0.1, -0.05) is 0 Å². The van der Waals surface area contributed by atoms with Crippen LogP contribution in [0.25, 0.3) is 10.9 Å². The summed E-state index contributed by atoms with van der Waals surface area (Å²) in [5.41, 5.74) is 3.08. The summed E-state index contributed by atoms with van der Waals surface area (Å²) in [6.45, 7) is 2.94. The van der Waals surface area contributed by atoms with Gasteiger partial charge in [0, 0.05) is 30.6 Å². The van der Waals surface area contributed by atoms with Crippen molar-refractivity contribution in [2.24, 2.45) is 0 Å². The topological polar surface area (TPSA) is 84.0 Å². The molecule has 1 N–H and O–H groups in total. The van der Waals surface area contributed by atoms with Crippen molar-refractivity contribution in [3.8, 4) is 17.2 Å². The molecule has 32 heavy (non-hydrogen) atoms. The lowest BCUT2D eigenvalue weighted by atomic mass is 10.0. The van der Waals surface area contributed by atoms with E-state index in [1.807, 2.05) is 30.5 Å². The second-order valence-corrected chi connectivity index (χ2v) is 7.89. The maximum absolute atomic E-state index is 5.96. The molecule has 3 aromatic rings. The first-order valence-electron chi connectivity index (χ1n) is 10.9. The van der Waals surface area contributed by atoms with E-state index in [0.29, 0.717) is 38.7 Å². The van der Waals surface area contributed by atoms with Crippen molar-refractivity contribution in [1.29, 1.82) is 0 Å². The van der Waals surface area contributed by atoms with Gasteiger partial charge in [-0.25, -0.2) is 0 Å². The summed E-state index contributed by atoms with van der Waals surface area (Å²) in [7, 11) is 1.68. The Labute approximate surface area is 186 Å². The molecule has 0 bridgehead atoms. The molecule has 5 rings (SSSR count). The maximum atomic E-state index is 5.96. The summed E-state index contributed by atoms with van der Waals surface area (Å²) in [4.78, 5) is 8.87. The molecule has 1 saturated heterocycles. The molecule has 4 heterocycles. The zero-order chi connectivity index (χ0) is 21.8. The highest BCUT2D eigenvalue weighted by atomic mass is 16.7. The molecule has 1 fully saturated rings. The van der Waals surface area contributed by atoms with Crippen molar-refractivity contribution in [2.45, 2.75) is 31.7 Å².